The highest BCUT2D eigenvalue weighted by molar-refractivity contribution is 7.90. The second-order valence-corrected chi connectivity index (χ2v) is 6.57. The van der Waals surface area contributed by atoms with E-state index in [4.69, 9.17) is 10.00 Å². The number of hydrogen-bond donors (Lipinski definition) is 1. The molecular weight excluding hydrogens is 264 g/mol. The quantitative estimate of drug-likeness (QED) is 0.757. The third kappa shape index (κ3) is 5.73. The first-order chi connectivity index (χ1) is 8.96. The van der Waals surface area contributed by atoms with Gasteiger partial charge in [0.05, 0.1) is 18.4 Å². The van der Waals surface area contributed by atoms with E-state index in [0.717, 1.165) is 5.56 Å². The second-order valence-electron chi connectivity index (χ2n) is 4.31. The molecule has 0 saturated carbocycles. The maximum Gasteiger partial charge on any atom is 0.147 e. The van der Waals surface area contributed by atoms with E-state index >= 15 is 0 Å². The second kappa shape index (κ2) is 7.12. The van der Waals surface area contributed by atoms with Crippen LogP contribution in [0.15, 0.2) is 18.2 Å². The van der Waals surface area contributed by atoms with Gasteiger partial charge in [-0.05, 0) is 30.7 Å². The zero-order valence-electron chi connectivity index (χ0n) is 11.1. The third-order valence-electron chi connectivity index (χ3n) is 2.58. The van der Waals surface area contributed by atoms with Gasteiger partial charge in [0.15, 0.2) is 0 Å². The van der Waals surface area contributed by atoms with Crippen molar-refractivity contribution in [3.05, 3.63) is 29.3 Å². The maximum atomic E-state index is 10.9. The van der Waals surface area contributed by atoms with Gasteiger partial charge in [0.1, 0.15) is 21.7 Å². The number of methoxy groups -OCH3 is 1. The average Bonchev–Trinajstić information content (AvgIpc) is 2.36. The van der Waals surface area contributed by atoms with Crippen LogP contribution in [0, 0.1) is 11.3 Å². The Morgan fingerprint density at radius 2 is 2.16 bits per heavy atom. The van der Waals surface area contributed by atoms with Crippen LogP contribution < -0.4 is 10.1 Å². The van der Waals surface area contributed by atoms with Gasteiger partial charge in [-0.1, -0.05) is 6.07 Å². The van der Waals surface area contributed by atoms with Crippen molar-refractivity contribution in [3.63, 3.8) is 0 Å². The first-order valence-electron chi connectivity index (χ1n) is 5.91. The van der Waals surface area contributed by atoms with E-state index in [2.05, 4.69) is 11.4 Å². The molecule has 0 aliphatic rings. The summed E-state index contributed by atoms with van der Waals surface area (Å²) in [5, 5.41) is 12.0. The van der Waals surface area contributed by atoms with Gasteiger partial charge in [0, 0.05) is 12.8 Å². The molecule has 19 heavy (non-hydrogen) atoms. The Bertz CT molecular complexity index is 562. The molecule has 0 bridgehead atoms. The number of rotatable bonds is 7. The summed E-state index contributed by atoms with van der Waals surface area (Å²) < 4.78 is 27.0. The highest BCUT2D eigenvalue weighted by Crippen LogP contribution is 2.18. The molecule has 0 spiro atoms. The fourth-order valence-electron chi connectivity index (χ4n) is 1.63. The van der Waals surface area contributed by atoms with Crippen molar-refractivity contribution in [3.8, 4) is 11.8 Å². The standard InChI is InChI=1S/C13H18N2O3S/c1-18-13-8-11(4-5-12(13)9-14)10-15-6-3-7-19(2,16)17/h4-5,8,15H,3,6-7,10H2,1-2H3. The monoisotopic (exact) mass is 282 g/mol. The highest BCUT2D eigenvalue weighted by Gasteiger charge is 2.04. The number of benzene rings is 1. The summed E-state index contributed by atoms with van der Waals surface area (Å²) in [4.78, 5) is 0. The lowest BCUT2D eigenvalue weighted by Gasteiger charge is -2.07. The van der Waals surface area contributed by atoms with E-state index in [1.807, 2.05) is 12.1 Å². The molecule has 0 fully saturated rings. The van der Waals surface area contributed by atoms with Gasteiger partial charge in [0.25, 0.3) is 0 Å². The molecule has 104 valence electrons. The molecule has 0 unspecified atom stereocenters. The van der Waals surface area contributed by atoms with Crippen LogP contribution in [0.5, 0.6) is 5.75 Å². The molecule has 0 amide bonds. The number of sulfone groups is 1. The molecule has 5 nitrogen and oxygen atoms in total. The predicted octanol–water partition coefficient (Wildman–Crippen LogP) is 1.09. The third-order valence-corrected chi connectivity index (χ3v) is 3.61. The van der Waals surface area contributed by atoms with E-state index in [9.17, 15) is 8.42 Å². The molecule has 1 aromatic carbocycles. The summed E-state index contributed by atoms with van der Waals surface area (Å²) in [6, 6.07) is 7.43. The smallest absolute Gasteiger partial charge is 0.147 e. The van der Waals surface area contributed by atoms with Gasteiger partial charge >= 0.3 is 0 Å². The molecule has 0 aromatic heterocycles. The Balaban J connectivity index is 2.44. The van der Waals surface area contributed by atoms with Gasteiger partial charge in [-0.2, -0.15) is 5.26 Å². The minimum absolute atomic E-state index is 0.191. The largest absolute Gasteiger partial charge is 0.495 e. The first kappa shape index (κ1) is 15.5. The molecule has 0 heterocycles. The van der Waals surface area contributed by atoms with Crippen molar-refractivity contribution >= 4 is 9.84 Å². The fourth-order valence-corrected chi connectivity index (χ4v) is 2.30. The molecule has 0 saturated heterocycles. The van der Waals surface area contributed by atoms with Crippen LogP contribution in [-0.4, -0.2) is 34.1 Å². The molecule has 0 atom stereocenters. The minimum Gasteiger partial charge on any atom is -0.495 e. The Hall–Kier alpha value is -1.58. The molecule has 0 aliphatic heterocycles. The zero-order chi connectivity index (χ0) is 14.3. The fraction of sp³-hybridized carbons (Fsp3) is 0.462. The topological polar surface area (TPSA) is 79.2 Å². The van der Waals surface area contributed by atoms with Crippen molar-refractivity contribution in [2.75, 3.05) is 25.7 Å². The van der Waals surface area contributed by atoms with E-state index in [1.165, 1.54) is 13.4 Å². The van der Waals surface area contributed by atoms with E-state index < -0.39 is 9.84 Å². The summed E-state index contributed by atoms with van der Waals surface area (Å²) in [5.41, 5.74) is 1.50. The molecule has 0 aliphatic carbocycles. The SMILES string of the molecule is COc1cc(CNCCCS(C)(=O)=O)ccc1C#N. The summed E-state index contributed by atoms with van der Waals surface area (Å²) >= 11 is 0. The number of hydrogen-bond acceptors (Lipinski definition) is 5. The van der Waals surface area contributed by atoms with Gasteiger partial charge in [-0.15, -0.1) is 0 Å². The van der Waals surface area contributed by atoms with E-state index in [0.29, 0.717) is 30.8 Å². The Kier molecular flexibility index (Phi) is 5.80. The van der Waals surface area contributed by atoms with Crippen molar-refractivity contribution in [1.29, 1.82) is 5.26 Å². The number of nitrogens with one attached hydrogen (secondary N) is 1. The molecule has 1 aromatic rings. The summed E-state index contributed by atoms with van der Waals surface area (Å²) in [7, 11) is -1.36. The Labute approximate surface area is 114 Å². The minimum atomic E-state index is -2.88. The van der Waals surface area contributed by atoms with E-state index in [-0.39, 0.29) is 5.75 Å². The van der Waals surface area contributed by atoms with Crippen LogP contribution in [0.4, 0.5) is 0 Å². The lowest BCUT2D eigenvalue weighted by Crippen LogP contribution is -2.17. The van der Waals surface area contributed by atoms with Gasteiger partial charge < -0.3 is 10.1 Å². The Morgan fingerprint density at radius 3 is 2.74 bits per heavy atom. The van der Waals surface area contributed by atoms with Crippen LogP contribution in [-0.2, 0) is 16.4 Å². The zero-order valence-corrected chi connectivity index (χ0v) is 12.0. The summed E-state index contributed by atoms with van der Waals surface area (Å²) in [6.45, 7) is 1.25. The molecule has 0 radical (unpaired) electrons. The highest BCUT2D eigenvalue weighted by atomic mass is 32.2. The molecule has 1 rings (SSSR count). The average molecular weight is 282 g/mol. The van der Waals surface area contributed by atoms with Crippen molar-refractivity contribution < 1.29 is 13.2 Å². The van der Waals surface area contributed by atoms with Crippen LogP contribution in [0.2, 0.25) is 0 Å². The van der Waals surface area contributed by atoms with Gasteiger partial charge in [-0.25, -0.2) is 8.42 Å². The molecule has 6 heteroatoms. The van der Waals surface area contributed by atoms with Crippen LogP contribution in [0.25, 0.3) is 0 Å². The number of nitrogens with zero attached hydrogens (tertiary/aromatic N) is 1. The van der Waals surface area contributed by atoms with Gasteiger partial charge in [0.2, 0.25) is 0 Å². The Morgan fingerprint density at radius 1 is 1.42 bits per heavy atom. The normalized spacial score (nSPS) is 11.0. The first-order valence-corrected chi connectivity index (χ1v) is 7.98. The number of nitriles is 1. The van der Waals surface area contributed by atoms with Crippen molar-refractivity contribution in [2.24, 2.45) is 0 Å². The number of ether oxygens (including phenoxy) is 1. The lowest BCUT2D eigenvalue weighted by molar-refractivity contribution is 0.412. The van der Waals surface area contributed by atoms with Gasteiger partial charge in [-0.3, -0.25) is 0 Å². The summed E-state index contributed by atoms with van der Waals surface area (Å²) in [5.74, 6) is 0.745. The lowest BCUT2D eigenvalue weighted by atomic mass is 10.1. The van der Waals surface area contributed by atoms with Crippen molar-refractivity contribution in [2.45, 2.75) is 13.0 Å². The van der Waals surface area contributed by atoms with Crippen LogP contribution >= 0.6 is 0 Å². The molecular formula is C13H18N2O3S. The predicted molar refractivity (Wildman–Crippen MR) is 73.7 cm³/mol. The van der Waals surface area contributed by atoms with Crippen LogP contribution in [0.3, 0.4) is 0 Å². The maximum absolute atomic E-state index is 10.9. The van der Waals surface area contributed by atoms with Crippen molar-refractivity contribution in [1.82, 2.24) is 5.32 Å². The van der Waals surface area contributed by atoms with Crippen LogP contribution in [0.1, 0.15) is 17.5 Å². The summed E-state index contributed by atoms with van der Waals surface area (Å²) in [6.07, 6.45) is 1.82. The van der Waals surface area contributed by atoms with E-state index in [1.54, 1.807) is 6.07 Å². The molecule has 1 N–H and O–H groups in total.